The number of rotatable bonds is 4. The fourth-order valence-corrected chi connectivity index (χ4v) is 7.44. The topological polar surface area (TPSA) is 63.6 Å². The third-order valence-corrected chi connectivity index (χ3v) is 8.46. The van der Waals surface area contributed by atoms with Crippen LogP contribution in [0, 0.1) is 17.8 Å². The van der Waals surface area contributed by atoms with Gasteiger partial charge in [-0.2, -0.15) is 0 Å². The van der Waals surface area contributed by atoms with Gasteiger partial charge in [-0.15, -0.1) is 0 Å². The molecule has 0 radical (unpaired) electrons. The monoisotopic (exact) mass is 440 g/mol. The van der Waals surface area contributed by atoms with Crippen LogP contribution in [0.4, 0.5) is 0 Å². The lowest BCUT2D eigenvalue weighted by Gasteiger charge is -2.57. The molecule has 0 heterocycles. The number of methoxy groups -OCH3 is 1. The lowest BCUT2D eigenvalue weighted by atomic mass is 9.47. The van der Waals surface area contributed by atoms with Crippen LogP contribution < -0.4 is 0 Å². The van der Waals surface area contributed by atoms with Gasteiger partial charge in [-0.1, -0.05) is 24.3 Å². The standard InChI is InChI=1S/C29H28O4/c1-33-28(32)25-12-23-7-6-22(20-2-4-21(5-3-20)27(30)31)11-24(23)13-26(25)29-14-17-8-18(15-29)10-19(9-17)16-29/h2-7,11-13,17-19H,8-10,14-16H2,1H3,(H,30,31). The maximum atomic E-state index is 12.9. The van der Waals surface area contributed by atoms with Crippen molar-refractivity contribution in [2.24, 2.45) is 17.8 Å². The Bertz CT molecular complexity index is 1240. The van der Waals surface area contributed by atoms with Gasteiger partial charge in [0, 0.05) is 0 Å². The molecule has 0 aliphatic heterocycles. The van der Waals surface area contributed by atoms with Gasteiger partial charge in [0.25, 0.3) is 0 Å². The summed E-state index contributed by atoms with van der Waals surface area (Å²) in [6, 6.07) is 17.5. The lowest BCUT2D eigenvalue weighted by molar-refractivity contribution is -0.00587. The summed E-state index contributed by atoms with van der Waals surface area (Å²) in [4.78, 5) is 24.1. The molecule has 4 aliphatic carbocycles. The second-order valence-corrected chi connectivity index (χ2v) is 10.5. The predicted octanol–water partition coefficient (Wildman–Crippen LogP) is 6.46. The van der Waals surface area contributed by atoms with Crippen LogP contribution in [0.2, 0.25) is 0 Å². The van der Waals surface area contributed by atoms with E-state index in [0.717, 1.165) is 45.2 Å². The van der Waals surface area contributed by atoms with Gasteiger partial charge in [0.15, 0.2) is 0 Å². The molecule has 3 aromatic carbocycles. The quantitative estimate of drug-likeness (QED) is 0.473. The van der Waals surface area contributed by atoms with Crippen molar-refractivity contribution < 1.29 is 19.4 Å². The van der Waals surface area contributed by atoms with Crippen molar-refractivity contribution in [1.29, 1.82) is 0 Å². The highest BCUT2D eigenvalue weighted by Gasteiger charge is 2.52. The number of benzene rings is 3. The van der Waals surface area contributed by atoms with E-state index in [4.69, 9.17) is 4.74 Å². The lowest BCUT2D eigenvalue weighted by Crippen LogP contribution is -2.49. The molecule has 4 bridgehead atoms. The fraction of sp³-hybridized carbons (Fsp3) is 0.379. The Morgan fingerprint density at radius 3 is 2.00 bits per heavy atom. The van der Waals surface area contributed by atoms with Crippen molar-refractivity contribution >= 4 is 22.7 Å². The van der Waals surface area contributed by atoms with Crippen LogP contribution in [-0.2, 0) is 10.2 Å². The third-order valence-electron chi connectivity index (χ3n) is 8.46. The number of carbonyl (C=O) groups excluding carboxylic acids is 1. The first-order valence-corrected chi connectivity index (χ1v) is 11.9. The van der Waals surface area contributed by atoms with Crippen LogP contribution >= 0.6 is 0 Å². The van der Waals surface area contributed by atoms with Gasteiger partial charge >= 0.3 is 11.9 Å². The summed E-state index contributed by atoms with van der Waals surface area (Å²) in [6.07, 6.45) is 7.63. The fourth-order valence-electron chi connectivity index (χ4n) is 7.44. The Kier molecular flexibility index (Phi) is 4.62. The zero-order valence-electron chi connectivity index (χ0n) is 18.8. The Hall–Kier alpha value is -3.14. The van der Waals surface area contributed by atoms with Crippen molar-refractivity contribution in [2.75, 3.05) is 7.11 Å². The molecule has 0 spiro atoms. The number of fused-ring (bicyclic) bond motifs is 1. The highest BCUT2D eigenvalue weighted by Crippen LogP contribution is 2.61. The van der Waals surface area contributed by atoms with E-state index in [-0.39, 0.29) is 16.9 Å². The Labute approximate surface area is 193 Å². The first kappa shape index (κ1) is 20.5. The number of carboxylic acid groups (broad SMARTS) is 1. The van der Waals surface area contributed by atoms with Gasteiger partial charge < -0.3 is 9.84 Å². The summed E-state index contributed by atoms with van der Waals surface area (Å²) in [5.74, 6) is 1.20. The maximum Gasteiger partial charge on any atom is 0.338 e. The molecule has 4 heteroatoms. The van der Waals surface area contributed by atoms with Gasteiger partial charge in [0.05, 0.1) is 18.2 Å². The van der Waals surface area contributed by atoms with Crippen LogP contribution in [0.15, 0.2) is 54.6 Å². The molecule has 4 nitrogen and oxygen atoms in total. The van der Waals surface area contributed by atoms with E-state index >= 15 is 0 Å². The number of esters is 1. The summed E-state index contributed by atoms with van der Waals surface area (Å²) < 4.78 is 5.23. The minimum absolute atomic E-state index is 0.0889. The SMILES string of the molecule is COC(=O)c1cc2ccc(-c3ccc(C(=O)O)cc3)cc2cc1C12CC3CC(CC(C3)C1)C2. The number of ether oxygens (including phenoxy) is 1. The van der Waals surface area contributed by atoms with Crippen LogP contribution in [-0.4, -0.2) is 24.2 Å². The summed E-state index contributed by atoms with van der Waals surface area (Å²) in [7, 11) is 1.47. The molecule has 4 aliphatic rings. The average Bonchev–Trinajstić information content (AvgIpc) is 2.81. The zero-order chi connectivity index (χ0) is 22.7. The summed E-state index contributed by atoms with van der Waals surface area (Å²) in [5.41, 5.74) is 4.30. The van der Waals surface area contributed by atoms with Crippen molar-refractivity contribution in [3.8, 4) is 11.1 Å². The van der Waals surface area contributed by atoms with Gasteiger partial charge in [-0.05, 0) is 119 Å². The van der Waals surface area contributed by atoms with Crippen molar-refractivity contribution in [3.63, 3.8) is 0 Å². The van der Waals surface area contributed by atoms with E-state index in [1.807, 2.05) is 30.3 Å². The zero-order valence-corrected chi connectivity index (χ0v) is 18.8. The average molecular weight is 441 g/mol. The van der Waals surface area contributed by atoms with Gasteiger partial charge in [0.1, 0.15) is 0 Å². The van der Waals surface area contributed by atoms with E-state index in [2.05, 4.69) is 12.1 Å². The predicted molar refractivity (Wildman–Crippen MR) is 128 cm³/mol. The molecule has 0 atom stereocenters. The third kappa shape index (κ3) is 3.35. The van der Waals surface area contributed by atoms with E-state index in [0.29, 0.717) is 0 Å². The highest BCUT2D eigenvalue weighted by atomic mass is 16.5. The smallest absolute Gasteiger partial charge is 0.338 e. The molecule has 33 heavy (non-hydrogen) atoms. The first-order valence-electron chi connectivity index (χ1n) is 11.9. The molecule has 3 aromatic rings. The normalized spacial score (nSPS) is 27.6. The number of aromatic carboxylic acids is 1. The summed E-state index contributed by atoms with van der Waals surface area (Å²) in [6.45, 7) is 0. The van der Waals surface area contributed by atoms with Gasteiger partial charge in [-0.3, -0.25) is 0 Å². The largest absolute Gasteiger partial charge is 0.478 e. The van der Waals surface area contributed by atoms with E-state index in [1.165, 1.54) is 51.2 Å². The van der Waals surface area contributed by atoms with E-state index < -0.39 is 5.97 Å². The molecular formula is C29H28O4. The van der Waals surface area contributed by atoms with Crippen LogP contribution in [0.1, 0.15) is 64.8 Å². The first-order chi connectivity index (χ1) is 15.9. The highest BCUT2D eigenvalue weighted by molar-refractivity contribution is 5.99. The molecule has 4 fully saturated rings. The van der Waals surface area contributed by atoms with Crippen molar-refractivity contribution in [1.82, 2.24) is 0 Å². The summed E-state index contributed by atoms with van der Waals surface area (Å²) in [5, 5.41) is 11.3. The molecular weight excluding hydrogens is 412 g/mol. The number of hydrogen-bond donors (Lipinski definition) is 1. The van der Waals surface area contributed by atoms with Crippen LogP contribution in [0.25, 0.3) is 21.9 Å². The van der Waals surface area contributed by atoms with Crippen molar-refractivity contribution in [3.05, 3.63) is 71.3 Å². The van der Waals surface area contributed by atoms with Crippen molar-refractivity contribution in [2.45, 2.75) is 43.9 Å². The molecule has 168 valence electrons. The Balaban J connectivity index is 1.48. The van der Waals surface area contributed by atoms with Crippen LogP contribution in [0.3, 0.4) is 0 Å². The van der Waals surface area contributed by atoms with Gasteiger partial charge in [0.2, 0.25) is 0 Å². The number of carbonyl (C=O) groups is 2. The number of hydrogen-bond acceptors (Lipinski definition) is 3. The molecule has 0 amide bonds. The van der Waals surface area contributed by atoms with Gasteiger partial charge in [-0.25, -0.2) is 9.59 Å². The summed E-state index contributed by atoms with van der Waals surface area (Å²) >= 11 is 0. The molecule has 7 rings (SSSR count). The second kappa shape index (κ2) is 7.44. The molecule has 0 saturated heterocycles. The molecule has 0 aromatic heterocycles. The molecule has 1 N–H and O–H groups in total. The number of carboxylic acids is 1. The Morgan fingerprint density at radius 1 is 0.818 bits per heavy atom. The second-order valence-electron chi connectivity index (χ2n) is 10.5. The van der Waals surface area contributed by atoms with E-state index in [1.54, 1.807) is 12.1 Å². The maximum absolute atomic E-state index is 12.9. The van der Waals surface area contributed by atoms with Crippen LogP contribution in [0.5, 0.6) is 0 Å². The van der Waals surface area contributed by atoms with E-state index in [9.17, 15) is 14.7 Å². The Morgan fingerprint density at radius 2 is 1.42 bits per heavy atom. The molecule has 0 unspecified atom stereocenters. The minimum Gasteiger partial charge on any atom is -0.478 e. The molecule has 4 saturated carbocycles. The minimum atomic E-state index is -0.921.